The number of benzene rings is 2. The Labute approximate surface area is 121 Å². The quantitative estimate of drug-likeness (QED) is 0.769. The molecule has 0 spiro atoms. The highest BCUT2D eigenvalue weighted by Crippen LogP contribution is 2.16. The van der Waals surface area contributed by atoms with Crippen LogP contribution in [0.3, 0.4) is 0 Å². The third kappa shape index (κ3) is 3.93. The molecule has 0 N–H and O–H groups in total. The monoisotopic (exact) mass is 318 g/mol. The zero-order valence-corrected chi connectivity index (χ0v) is 12.3. The maximum Gasteiger partial charge on any atom is 0.163 e. The number of carbonyl (C=O) groups is 1. The average molecular weight is 319 g/mol. The number of hydrogen-bond acceptors (Lipinski definition) is 2. The summed E-state index contributed by atoms with van der Waals surface area (Å²) in [6, 6.07) is 15.3. The molecule has 0 aliphatic carbocycles. The molecule has 0 atom stereocenters. The lowest BCUT2D eigenvalue weighted by molar-refractivity contribution is 0.0983. The van der Waals surface area contributed by atoms with E-state index in [1.165, 1.54) is 0 Å². The largest absolute Gasteiger partial charge is 0.497 e. The fourth-order valence-electron chi connectivity index (χ4n) is 1.86. The van der Waals surface area contributed by atoms with E-state index in [0.29, 0.717) is 6.42 Å². The Kier molecular flexibility index (Phi) is 4.74. The number of methoxy groups -OCH3 is 1. The Balaban J connectivity index is 1.96. The number of ketones is 1. The minimum absolute atomic E-state index is 0.164. The number of aryl methyl sites for hydroxylation is 1. The van der Waals surface area contributed by atoms with Crippen LogP contribution in [0.25, 0.3) is 0 Å². The predicted octanol–water partition coefficient (Wildman–Crippen LogP) is 4.27. The van der Waals surface area contributed by atoms with Gasteiger partial charge >= 0.3 is 0 Å². The van der Waals surface area contributed by atoms with E-state index in [4.69, 9.17) is 4.74 Å². The SMILES string of the molecule is COc1ccc(CCC(=O)c2cccc(Br)c2)cc1. The van der Waals surface area contributed by atoms with Crippen LogP contribution in [-0.2, 0) is 6.42 Å². The van der Waals surface area contributed by atoms with E-state index >= 15 is 0 Å². The Bertz CT molecular complexity index is 561. The van der Waals surface area contributed by atoms with Gasteiger partial charge < -0.3 is 4.74 Å². The van der Waals surface area contributed by atoms with E-state index in [-0.39, 0.29) is 5.78 Å². The van der Waals surface area contributed by atoms with Gasteiger partial charge in [0.25, 0.3) is 0 Å². The van der Waals surface area contributed by atoms with Crippen LogP contribution in [0.1, 0.15) is 22.3 Å². The fourth-order valence-corrected chi connectivity index (χ4v) is 2.26. The summed E-state index contributed by atoms with van der Waals surface area (Å²) in [6.45, 7) is 0. The number of hydrogen-bond donors (Lipinski definition) is 0. The highest BCUT2D eigenvalue weighted by Gasteiger charge is 2.06. The topological polar surface area (TPSA) is 26.3 Å². The van der Waals surface area contributed by atoms with Crippen molar-refractivity contribution in [2.75, 3.05) is 7.11 Å². The van der Waals surface area contributed by atoms with E-state index in [2.05, 4.69) is 15.9 Å². The zero-order chi connectivity index (χ0) is 13.7. The van der Waals surface area contributed by atoms with Crippen molar-refractivity contribution in [1.82, 2.24) is 0 Å². The van der Waals surface area contributed by atoms with Crippen molar-refractivity contribution in [2.45, 2.75) is 12.8 Å². The van der Waals surface area contributed by atoms with E-state index in [9.17, 15) is 4.79 Å². The molecule has 3 heteroatoms. The summed E-state index contributed by atoms with van der Waals surface area (Å²) in [5, 5.41) is 0. The molecule has 2 nitrogen and oxygen atoms in total. The minimum Gasteiger partial charge on any atom is -0.497 e. The summed E-state index contributed by atoms with van der Waals surface area (Å²) >= 11 is 3.38. The van der Waals surface area contributed by atoms with Crippen molar-refractivity contribution in [3.8, 4) is 5.75 Å². The summed E-state index contributed by atoms with van der Waals surface area (Å²) < 4.78 is 6.04. The van der Waals surface area contributed by atoms with Crippen LogP contribution in [0.15, 0.2) is 53.0 Å². The molecule has 0 amide bonds. The molecule has 2 aromatic carbocycles. The molecule has 2 rings (SSSR count). The summed E-state index contributed by atoms with van der Waals surface area (Å²) in [7, 11) is 1.64. The van der Waals surface area contributed by atoms with E-state index in [1.54, 1.807) is 7.11 Å². The average Bonchev–Trinajstić information content (AvgIpc) is 2.45. The van der Waals surface area contributed by atoms with Gasteiger partial charge in [-0.05, 0) is 36.2 Å². The molecule has 0 aliphatic rings. The van der Waals surface area contributed by atoms with Crippen molar-refractivity contribution in [1.29, 1.82) is 0 Å². The molecule has 0 radical (unpaired) electrons. The lowest BCUT2D eigenvalue weighted by atomic mass is 10.0. The van der Waals surface area contributed by atoms with Gasteiger partial charge in [-0.1, -0.05) is 40.2 Å². The predicted molar refractivity (Wildman–Crippen MR) is 79.8 cm³/mol. The summed E-state index contributed by atoms with van der Waals surface area (Å²) in [5.41, 5.74) is 1.90. The second-order valence-corrected chi connectivity index (χ2v) is 5.20. The molecule has 0 unspecified atom stereocenters. The molecule has 0 fully saturated rings. The Morgan fingerprint density at radius 2 is 1.89 bits per heavy atom. The van der Waals surface area contributed by atoms with Gasteiger partial charge in [0.15, 0.2) is 5.78 Å². The van der Waals surface area contributed by atoms with Crippen molar-refractivity contribution < 1.29 is 9.53 Å². The van der Waals surface area contributed by atoms with Crippen LogP contribution >= 0.6 is 15.9 Å². The van der Waals surface area contributed by atoms with Crippen molar-refractivity contribution in [3.05, 3.63) is 64.1 Å². The molecule has 0 aromatic heterocycles. The van der Waals surface area contributed by atoms with Gasteiger partial charge in [0.2, 0.25) is 0 Å². The Morgan fingerprint density at radius 3 is 2.53 bits per heavy atom. The highest BCUT2D eigenvalue weighted by atomic mass is 79.9. The second kappa shape index (κ2) is 6.53. The standard InChI is InChI=1S/C16H15BrO2/c1-19-15-8-5-12(6-9-15)7-10-16(18)13-3-2-4-14(17)11-13/h2-6,8-9,11H,7,10H2,1H3. The number of carbonyl (C=O) groups excluding carboxylic acids is 1. The normalized spacial score (nSPS) is 10.2. The molecule has 0 saturated heterocycles. The fraction of sp³-hybridized carbons (Fsp3) is 0.188. The van der Waals surface area contributed by atoms with E-state index in [1.807, 2.05) is 48.5 Å². The molecule has 0 saturated carbocycles. The molecular weight excluding hydrogens is 304 g/mol. The van der Waals surface area contributed by atoms with Crippen LogP contribution in [0.5, 0.6) is 5.75 Å². The molecule has 0 bridgehead atoms. The summed E-state index contributed by atoms with van der Waals surface area (Å²) in [5.74, 6) is 0.999. The molecular formula is C16H15BrO2. The molecule has 0 aliphatic heterocycles. The first-order valence-corrected chi connectivity index (χ1v) is 6.90. The van der Waals surface area contributed by atoms with Crippen LogP contribution in [0.4, 0.5) is 0 Å². The first kappa shape index (κ1) is 13.8. The summed E-state index contributed by atoms with van der Waals surface area (Å²) in [4.78, 5) is 12.0. The molecule has 2 aromatic rings. The van der Waals surface area contributed by atoms with Gasteiger partial charge in [0.05, 0.1) is 7.11 Å². The van der Waals surface area contributed by atoms with E-state index in [0.717, 1.165) is 27.8 Å². The molecule has 0 heterocycles. The molecule has 19 heavy (non-hydrogen) atoms. The van der Waals surface area contributed by atoms with Gasteiger partial charge in [-0.3, -0.25) is 4.79 Å². The van der Waals surface area contributed by atoms with Gasteiger partial charge in [-0.25, -0.2) is 0 Å². The van der Waals surface area contributed by atoms with Gasteiger partial charge in [-0.15, -0.1) is 0 Å². The van der Waals surface area contributed by atoms with Crippen LogP contribution in [0, 0.1) is 0 Å². The van der Waals surface area contributed by atoms with Crippen LogP contribution < -0.4 is 4.74 Å². The van der Waals surface area contributed by atoms with Crippen molar-refractivity contribution in [2.24, 2.45) is 0 Å². The first-order valence-electron chi connectivity index (χ1n) is 6.11. The van der Waals surface area contributed by atoms with Crippen LogP contribution in [0.2, 0.25) is 0 Å². The summed E-state index contributed by atoms with van der Waals surface area (Å²) in [6.07, 6.45) is 1.26. The lowest BCUT2D eigenvalue weighted by Crippen LogP contribution is -2.01. The van der Waals surface area contributed by atoms with Crippen molar-refractivity contribution >= 4 is 21.7 Å². The first-order chi connectivity index (χ1) is 9.19. The van der Waals surface area contributed by atoms with Gasteiger partial charge in [0.1, 0.15) is 5.75 Å². The number of rotatable bonds is 5. The van der Waals surface area contributed by atoms with Gasteiger partial charge in [-0.2, -0.15) is 0 Å². The maximum atomic E-state index is 12.0. The number of Topliss-reactive ketones (excluding diaryl/α,β-unsaturated/α-hetero) is 1. The second-order valence-electron chi connectivity index (χ2n) is 4.28. The van der Waals surface area contributed by atoms with Gasteiger partial charge in [0, 0.05) is 16.5 Å². The third-order valence-corrected chi connectivity index (χ3v) is 3.44. The number of ether oxygens (including phenoxy) is 1. The lowest BCUT2D eigenvalue weighted by Gasteiger charge is -2.04. The van der Waals surface area contributed by atoms with Crippen molar-refractivity contribution in [3.63, 3.8) is 0 Å². The van der Waals surface area contributed by atoms with E-state index < -0.39 is 0 Å². The third-order valence-electron chi connectivity index (χ3n) is 2.95. The van der Waals surface area contributed by atoms with Crippen LogP contribution in [-0.4, -0.2) is 12.9 Å². The minimum atomic E-state index is 0.164. The Hall–Kier alpha value is -1.61. The molecule has 98 valence electrons. The smallest absolute Gasteiger partial charge is 0.163 e. The highest BCUT2D eigenvalue weighted by molar-refractivity contribution is 9.10. The maximum absolute atomic E-state index is 12.0. The Morgan fingerprint density at radius 1 is 1.16 bits per heavy atom. The zero-order valence-electron chi connectivity index (χ0n) is 10.7. The number of halogens is 1.